The Bertz CT molecular complexity index is 488. The van der Waals surface area contributed by atoms with Crippen molar-refractivity contribution in [3.05, 3.63) is 23.5 Å². The molecule has 1 aliphatic heterocycles. The molecule has 3 amide bonds. The number of urea groups is 1. The Balaban J connectivity index is 2.47. The lowest BCUT2D eigenvalue weighted by Gasteiger charge is -2.16. The van der Waals surface area contributed by atoms with Crippen molar-refractivity contribution in [1.29, 1.82) is 0 Å². The number of hydrogen-bond donors (Lipinski definition) is 1. The molecule has 0 unspecified atom stereocenters. The van der Waals surface area contributed by atoms with Crippen molar-refractivity contribution < 1.29 is 9.59 Å². The number of hydrogen-bond acceptors (Lipinski definition) is 3. The Labute approximate surface area is 99.8 Å². The second-order valence-corrected chi connectivity index (χ2v) is 4.80. The lowest BCUT2D eigenvalue weighted by Crippen LogP contribution is -2.40. The predicted molar refractivity (Wildman–Crippen MR) is 63.8 cm³/mol. The van der Waals surface area contributed by atoms with Crippen LogP contribution >= 0.6 is 0 Å². The summed E-state index contributed by atoms with van der Waals surface area (Å²) in [6.45, 7) is 7.04. The topological polar surface area (TPSA) is 62.3 Å². The van der Waals surface area contributed by atoms with Gasteiger partial charge in [0, 0.05) is 11.4 Å². The zero-order valence-corrected chi connectivity index (χ0v) is 10.4. The van der Waals surface area contributed by atoms with Crippen LogP contribution in [-0.2, 0) is 4.79 Å². The zero-order chi connectivity index (χ0) is 12.8. The highest BCUT2D eigenvalue weighted by atomic mass is 16.2. The molecule has 1 saturated heterocycles. The van der Waals surface area contributed by atoms with Gasteiger partial charge in [-0.1, -0.05) is 0 Å². The Morgan fingerprint density at radius 1 is 1.18 bits per heavy atom. The molecule has 5 heteroatoms. The fourth-order valence-corrected chi connectivity index (χ4v) is 1.92. The molecule has 0 aromatic carbocycles. The SMILES string of the molecule is Cc1cc(N2C(=O)NC(C)(C)C2=O)cc(C)n1. The molecule has 0 bridgehead atoms. The number of rotatable bonds is 1. The Kier molecular flexibility index (Phi) is 2.41. The summed E-state index contributed by atoms with van der Waals surface area (Å²) >= 11 is 0. The normalized spacial score (nSPS) is 18.5. The molecule has 2 heterocycles. The number of nitrogens with one attached hydrogen (secondary N) is 1. The summed E-state index contributed by atoms with van der Waals surface area (Å²) in [5.74, 6) is -0.243. The quantitative estimate of drug-likeness (QED) is 0.748. The monoisotopic (exact) mass is 233 g/mol. The highest BCUT2D eigenvalue weighted by Crippen LogP contribution is 2.25. The summed E-state index contributed by atoms with van der Waals surface area (Å²) in [5.41, 5.74) is 1.29. The maximum atomic E-state index is 12.1. The van der Waals surface area contributed by atoms with Crippen molar-refractivity contribution in [1.82, 2.24) is 10.3 Å². The van der Waals surface area contributed by atoms with E-state index in [4.69, 9.17) is 0 Å². The van der Waals surface area contributed by atoms with Crippen molar-refractivity contribution in [2.45, 2.75) is 33.2 Å². The van der Waals surface area contributed by atoms with Gasteiger partial charge in [-0.05, 0) is 39.8 Å². The molecule has 1 N–H and O–H groups in total. The van der Waals surface area contributed by atoms with Crippen molar-refractivity contribution in [2.24, 2.45) is 0 Å². The highest BCUT2D eigenvalue weighted by Gasteiger charge is 2.45. The van der Waals surface area contributed by atoms with E-state index in [0.29, 0.717) is 5.69 Å². The van der Waals surface area contributed by atoms with Gasteiger partial charge in [-0.3, -0.25) is 9.78 Å². The number of anilines is 1. The largest absolute Gasteiger partial charge is 0.329 e. The number of imide groups is 1. The lowest BCUT2D eigenvalue weighted by molar-refractivity contribution is -0.120. The molecule has 0 saturated carbocycles. The Hall–Kier alpha value is -1.91. The number of pyridine rings is 1. The maximum absolute atomic E-state index is 12.1. The zero-order valence-electron chi connectivity index (χ0n) is 10.4. The molecule has 1 aromatic heterocycles. The highest BCUT2D eigenvalue weighted by molar-refractivity contribution is 6.23. The third-order valence-electron chi connectivity index (χ3n) is 2.68. The predicted octanol–water partition coefficient (Wildman–Crippen LogP) is 1.53. The lowest BCUT2D eigenvalue weighted by atomic mass is 10.1. The average molecular weight is 233 g/mol. The van der Waals surface area contributed by atoms with Crippen LogP contribution in [0.15, 0.2) is 12.1 Å². The molecular formula is C12H15N3O2. The van der Waals surface area contributed by atoms with Crippen molar-refractivity contribution in [3.63, 3.8) is 0 Å². The third-order valence-corrected chi connectivity index (χ3v) is 2.68. The van der Waals surface area contributed by atoms with Crippen LogP contribution in [-0.4, -0.2) is 22.5 Å². The van der Waals surface area contributed by atoms with E-state index in [9.17, 15) is 9.59 Å². The molecule has 0 spiro atoms. The second-order valence-electron chi connectivity index (χ2n) is 4.80. The van der Waals surface area contributed by atoms with E-state index < -0.39 is 5.54 Å². The van der Waals surface area contributed by atoms with Crippen molar-refractivity contribution in [3.8, 4) is 0 Å². The number of aryl methyl sites for hydroxylation is 2. The molecule has 0 radical (unpaired) electrons. The number of aromatic nitrogens is 1. The van der Waals surface area contributed by atoms with Crippen LogP contribution in [0.5, 0.6) is 0 Å². The molecule has 0 aliphatic carbocycles. The van der Waals surface area contributed by atoms with Gasteiger partial charge in [-0.2, -0.15) is 0 Å². The summed E-state index contributed by atoms with van der Waals surface area (Å²) in [4.78, 5) is 29.3. The minimum Gasteiger partial charge on any atom is -0.323 e. The summed E-state index contributed by atoms with van der Waals surface area (Å²) in [6.07, 6.45) is 0. The fraction of sp³-hybridized carbons (Fsp3) is 0.417. The standard InChI is InChI=1S/C12H15N3O2/c1-7-5-9(6-8(2)13-7)15-10(16)12(3,4)14-11(15)17/h5-6H,1-4H3,(H,14,17). The van der Waals surface area contributed by atoms with Gasteiger partial charge in [-0.25, -0.2) is 9.69 Å². The Morgan fingerprint density at radius 2 is 1.71 bits per heavy atom. The third kappa shape index (κ3) is 1.88. The van der Waals surface area contributed by atoms with Crippen molar-refractivity contribution in [2.75, 3.05) is 4.90 Å². The van der Waals surface area contributed by atoms with Gasteiger partial charge in [-0.15, -0.1) is 0 Å². The smallest absolute Gasteiger partial charge is 0.323 e. The van der Waals surface area contributed by atoms with E-state index in [-0.39, 0.29) is 11.9 Å². The molecule has 1 aliphatic rings. The van der Waals surface area contributed by atoms with Gasteiger partial charge in [0.25, 0.3) is 5.91 Å². The van der Waals surface area contributed by atoms with E-state index in [1.807, 2.05) is 13.8 Å². The van der Waals surface area contributed by atoms with Crippen LogP contribution in [0, 0.1) is 13.8 Å². The van der Waals surface area contributed by atoms with Crippen LogP contribution in [0.1, 0.15) is 25.2 Å². The molecule has 90 valence electrons. The molecule has 2 rings (SSSR count). The van der Waals surface area contributed by atoms with Crippen LogP contribution < -0.4 is 10.2 Å². The maximum Gasteiger partial charge on any atom is 0.329 e. The minimum atomic E-state index is -0.845. The molecule has 1 fully saturated rings. The van der Waals surface area contributed by atoms with E-state index in [2.05, 4.69) is 10.3 Å². The number of carbonyl (C=O) groups excluding carboxylic acids is 2. The first-order chi connectivity index (χ1) is 7.81. The van der Waals surface area contributed by atoms with Crippen LogP contribution in [0.4, 0.5) is 10.5 Å². The summed E-state index contributed by atoms with van der Waals surface area (Å²) in [5, 5.41) is 2.65. The first-order valence-corrected chi connectivity index (χ1v) is 5.43. The van der Waals surface area contributed by atoms with E-state index >= 15 is 0 Å². The van der Waals surface area contributed by atoms with E-state index in [0.717, 1.165) is 11.4 Å². The molecule has 5 nitrogen and oxygen atoms in total. The second kappa shape index (κ2) is 3.55. The van der Waals surface area contributed by atoms with Crippen LogP contribution in [0.2, 0.25) is 0 Å². The van der Waals surface area contributed by atoms with Gasteiger partial charge < -0.3 is 5.32 Å². The summed E-state index contributed by atoms with van der Waals surface area (Å²) in [6, 6.07) is 3.07. The van der Waals surface area contributed by atoms with E-state index in [1.54, 1.807) is 26.0 Å². The van der Waals surface area contributed by atoms with Gasteiger partial charge in [0.15, 0.2) is 0 Å². The molecule has 17 heavy (non-hydrogen) atoms. The summed E-state index contributed by atoms with van der Waals surface area (Å²) in [7, 11) is 0. The van der Waals surface area contributed by atoms with Gasteiger partial charge >= 0.3 is 6.03 Å². The van der Waals surface area contributed by atoms with Gasteiger partial charge in [0.1, 0.15) is 5.54 Å². The number of nitrogens with zero attached hydrogens (tertiary/aromatic N) is 2. The van der Waals surface area contributed by atoms with Crippen molar-refractivity contribution >= 4 is 17.6 Å². The molecular weight excluding hydrogens is 218 g/mol. The Morgan fingerprint density at radius 3 is 2.12 bits per heavy atom. The van der Waals surface area contributed by atoms with Gasteiger partial charge in [0.2, 0.25) is 0 Å². The van der Waals surface area contributed by atoms with E-state index in [1.165, 1.54) is 4.90 Å². The van der Waals surface area contributed by atoms with Crippen LogP contribution in [0.3, 0.4) is 0 Å². The number of carbonyl (C=O) groups is 2. The first kappa shape index (κ1) is 11.6. The van der Waals surface area contributed by atoms with Gasteiger partial charge in [0.05, 0.1) is 5.69 Å². The van der Waals surface area contributed by atoms with Crippen LogP contribution in [0.25, 0.3) is 0 Å². The molecule has 0 atom stereocenters. The number of amides is 3. The first-order valence-electron chi connectivity index (χ1n) is 5.43. The summed E-state index contributed by atoms with van der Waals surface area (Å²) < 4.78 is 0. The fourth-order valence-electron chi connectivity index (χ4n) is 1.92. The molecule has 1 aromatic rings. The average Bonchev–Trinajstić information content (AvgIpc) is 2.34. The minimum absolute atomic E-state index is 0.243.